The third kappa shape index (κ3) is 4.24. The molecule has 0 bridgehead atoms. The summed E-state index contributed by atoms with van der Waals surface area (Å²) in [5.74, 6) is -1.23. The highest BCUT2D eigenvalue weighted by atomic mass is 35.5. The smallest absolute Gasteiger partial charge is 0.253 e. The molecule has 2 heterocycles. The first kappa shape index (κ1) is 21.2. The number of aromatic nitrogens is 1. The van der Waals surface area contributed by atoms with Gasteiger partial charge in [0.25, 0.3) is 5.91 Å². The van der Waals surface area contributed by atoms with E-state index in [2.05, 4.69) is 10.5 Å². The summed E-state index contributed by atoms with van der Waals surface area (Å²) in [7, 11) is 0. The number of amides is 1. The van der Waals surface area contributed by atoms with Gasteiger partial charge in [0.2, 0.25) is 11.5 Å². The predicted octanol–water partition coefficient (Wildman–Crippen LogP) is 4.83. The lowest BCUT2D eigenvalue weighted by atomic mass is 10.1. The Hall–Kier alpha value is -2.55. The molecule has 3 aromatic rings. The van der Waals surface area contributed by atoms with E-state index in [1.807, 2.05) is 13.8 Å². The van der Waals surface area contributed by atoms with E-state index in [1.165, 1.54) is 6.07 Å². The number of carbonyl (C=O) groups is 2. The fourth-order valence-corrected chi connectivity index (χ4v) is 4.05. The Bertz CT molecular complexity index is 1090. The van der Waals surface area contributed by atoms with Crippen LogP contribution in [0.3, 0.4) is 0 Å². The first-order valence-electron chi connectivity index (χ1n) is 8.68. The van der Waals surface area contributed by atoms with Crippen LogP contribution in [0.15, 0.2) is 28.8 Å². The molecule has 1 atom stereocenters. The maximum Gasteiger partial charge on any atom is 0.253 e. The van der Waals surface area contributed by atoms with Gasteiger partial charge in [0.15, 0.2) is 0 Å². The van der Waals surface area contributed by atoms with E-state index in [1.54, 1.807) is 18.2 Å². The van der Waals surface area contributed by atoms with Crippen LogP contribution in [0, 0.1) is 0 Å². The zero-order valence-corrected chi connectivity index (χ0v) is 17.9. The van der Waals surface area contributed by atoms with Crippen molar-refractivity contribution in [3.63, 3.8) is 0 Å². The number of nitrogens with two attached hydrogens (primary N) is 2. The van der Waals surface area contributed by atoms with Crippen LogP contribution in [0.2, 0.25) is 10.0 Å². The van der Waals surface area contributed by atoms with E-state index < -0.39 is 11.7 Å². The summed E-state index contributed by atoms with van der Waals surface area (Å²) in [6, 6.07) is 6.50. The van der Waals surface area contributed by atoms with Crippen LogP contribution in [0.25, 0.3) is 11.3 Å². The van der Waals surface area contributed by atoms with E-state index in [4.69, 9.17) is 39.2 Å². The van der Waals surface area contributed by atoms with Gasteiger partial charge in [-0.3, -0.25) is 9.59 Å². The number of ketones is 1. The summed E-state index contributed by atoms with van der Waals surface area (Å²) in [5, 5.41) is 8.30. The summed E-state index contributed by atoms with van der Waals surface area (Å²) in [6.07, 6.45) is 0.814. The Balaban J connectivity index is 1.96. The molecule has 0 aliphatic heterocycles. The Labute approximate surface area is 181 Å². The third-order valence-corrected chi connectivity index (χ3v) is 6.21. The number of rotatable bonds is 7. The van der Waals surface area contributed by atoms with Gasteiger partial charge in [-0.25, -0.2) is 0 Å². The standard InChI is InChI=1S/C19H18Cl2N4O3S/c1-3-8(2)24-19-14(18(23)27)15(22)17(29-19)16(26)13-7-12(25-28-13)9-4-5-10(20)11(21)6-9/h4-8,24H,3,22H2,1-2H3,(H2,23,27). The minimum Gasteiger partial charge on any atom is -0.397 e. The van der Waals surface area contributed by atoms with Crippen molar-refractivity contribution in [1.29, 1.82) is 0 Å². The van der Waals surface area contributed by atoms with Crippen molar-refractivity contribution in [3.05, 3.63) is 50.5 Å². The Kier molecular flexibility index (Phi) is 6.16. The first-order valence-corrected chi connectivity index (χ1v) is 10.3. The van der Waals surface area contributed by atoms with Gasteiger partial charge in [0, 0.05) is 17.7 Å². The van der Waals surface area contributed by atoms with E-state index in [-0.39, 0.29) is 27.9 Å². The number of hydrogen-bond donors (Lipinski definition) is 3. The molecular weight excluding hydrogens is 435 g/mol. The first-order chi connectivity index (χ1) is 13.7. The Morgan fingerprint density at radius 2 is 2.00 bits per heavy atom. The number of thiophene rings is 1. The van der Waals surface area contributed by atoms with Gasteiger partial charge in [-0.1, -0.05) is 41.3 Å². The second kappa shape index (κ2) is 8.44. The quantitative estimate of drug-likeness (QED) is 0.440. The summed E-state index contributed by atoms with van der Waals surface area (Å²) in [5.41, 5.74) is 12.7. The number of nitrogens with one attached hydrogen (secondary N) is 1. The van der Waals surface area contributed by atoms with Gasteiger partial charge in [0.1, 0.15) is 15.6 Å². The summed E-state index contributed by atoms with van der Waals surface area (Å²) in [6.45, 7) is 3.94. The number of benzene rings is 1. The number of primary amides is 1. The molecule has 1 aromatic carbocycles. The molecule has 0 saturated carbocycles. The van der Waals surface area contributed by atoms with Crippen LogP contribution in [0.5, 0.6) is 0 Å². The SMILES string of the molecule is CCC(C)Nc1sc(C(=O)c2cc(-c3ccc(Cl)c(Cl)c3)no2)c(N)c1C(N)=O. The monoisotopic (exact) mass is 452 g/mol. The minimum atomic E-state index is -0.710. The second-order valence-corrected chi connectivity index (χ2v) is 8.24. The molecule has 0 radical (unpaired) electrons. The van der Waals surface area contributed by atoms with Gasteiger partial charge >= 0.3 is 0 Å². The average molecular weight is 453 g/mol. The molecule has 7 nitrogen and oxygen atoms in total. The van der Waals surface area contributed by atoms with E-state index in [0.29, 0.717) is 26.3 Å². The van der Waals surface area contributed by atoms with Crippen molar-refractivity contribution < 1.29 is 14.1 Å². The maximum absolute atomic E-state index is 12.9. The van der Waals surface area contributed by atoms with Crippen molar-refractivity contribution in [1.82, 2.24) is 5.16 Å². The minimum absolute atomic E-state index is 0.0193. The maximum atomic E-state index is 12.9. The topological polar surface area (TPSA) is 124 Å². The number of anilines is 2. The highest BCUT2D eigenvalue weighted by molar-refractivity contribution is 7.19. The largest absolute Gasteiger partial charge is 0.397 e. The van der Waals surface area contributed by atoms with Crippen LogP contribution in [0.4, 0.5) is 10.7 Å². The zero-order valence-electron chi connectivity index (χ0n) is 15.6. The highest BCUT2D eigenvalue weighted by Crippen LogP contribution is 2.38. The van der Waals surface area contributed by atoms with Crippen molar-refractivity contribution in [2.75, 3.05) is 11.1 Å². The molecule has 1 amide bonds. The molecule has 0 spiro atoms. The molecule has 2 aromatic heterocycles. The summed E-state index contributed by atoms with van der Waals surface area (Å²) >= 11 is 13.0. The molecule has 152 valence electrons. The number of hydrogen-bond acceptors (Lipinski definition) is 7. The Morgan fingerprint density at radius 1 is 1.28 bits per heavy atom. The number of halogens is 2. The average Bonchev–Trinajstić information content (AvgIpc) is 3.28. The van der Waals surface area contributed by atoms with Gasteiger partial charge in [0.05, 0.1) is 21.3 Å². The third-order valence-electron chi connectivity index (χ3n) is 4.34. The fraction of sp³-hybridized carbons (Fsp3) is 0.211. The lowest BCUT2D eigenvalue weighted by molar-refractivity contribution is 0.1000. The van der Waals surface area contributed by atoms with E-state index in [9.17, 15) is 9.59 Å². The summed E-state index contributed by atoms with van der Waals surface area (Å²) < 4.78 is 5.21. The molecule has 10 heteroatoms. The fourth-order valence-electron chi connectivity index (χ4n) is 2.57. The number of nitrogens with zero attached hydrogens (tertiary/aromatic N) is 1. The van der Waals surface area contributed by atoms with Crippen LogP contribution >= 0.6 is 34.5 Å². The van der Waals surface area contributed by atoms with Crippen LogP contribution < -0.4 is 16.8 Å². The van der Waals surface area contributed by atoms with Gasteiger partial charge in [-0.05, 0) is 25.5 Å². The van der Waals surface area contributed by atoms with Gasteiger partial charge < -0.3 is 21.3 Å². The molecule has 29 heavy (non-hydrogen) atoms. The normalized spacial score (nSPS) is 12.0. The second-order valence-electron chi connectivity index (χ2n) is 6.40. The molecule has 3 rings (SSSR count). The number of nitrogen functional groups attached to an aromatic ring is 1. The van der Waals surface area contributed by atoms with Crippen LogP contribution in [-0.4, -0.2) is 22.9 Å². The van der Waals surface area contributed by atoms with Gasteiger partial charge in [-0.15, -0.1) is 11.3 Å². The zero-order chi connectivity index (χ0) is 21.3. The van der Waals surface area contributed by atoms with Crippen molar-refractivity contribution in [2.24, 2.45) is 5.73 Å². The predicted molar refractivity (Wildman–Crippen MR) is 116 cm³/mol. The molecule has 0 aliphatic carbocycles. The van der Waals surface area contributed by atoms with Crippen molar-refractivity contribution in [3.8, 4) is 11.3 Å². The highest BCUT2D eigenvalue weighted by Gasteiger charge is 2.27. The molecule has 0 aliphatic rings. The lowest BCUT2D eigenvalue weighted by Crippen LogP contribution is -2.18. The molecule has 5 N–H and O–H groups in total. The van der Waals surface area contributed by atoms with Crippen molar-refractivity contribution in [2.45, 2.75) is 26.3 Å². The molecule has 0 fully saturated rings. The van der Waals surface area contributed by atoms with Crippen molar-refractivity contribution >= 4 is 56.9 Å². The lowest BCUT2D eigenvalue weighted by Gasteiger charge is -2.11. The van der Waals surface area contributed by atoms with Crippen LogP contribution in [-0.2, 0) is 0 Å². The summed E-state index contributed by atoms with van der Waals surface area (Å²) in [4.78, 5) is 25.0. The number of carbonyl (C=O) groups excluding carboxylic acids is 2. The molecule has 1 unspecified atom stereocenters. The van der Waals surface area contributed by atoms with E-state index in [0.717, 1.165) is 17.8 Å². The molecule has 0 saturated heterocycles. The molecular formula is C19H18Cl2N4O3S. The van der Waals surface area contributed by atoms with Gasteiger partial charge in [-0.2, -0.15) is 0 Å². The van der Waals surface area contributed by atoms with E-state index >= 15 is 0 Å². The Morgan fingerprint density at radius 3 is 2.62 bits per heavy atom. The van der Waals surface area contributed by atoms with Crippen LogP contribution in [0.1, 0.15) is 46.1 Å².